The van der Waals surface area contributed by atoms with Crippen molar-refractivity contribution < 1.29 is 4.92 Å². The van der Waals surface area contributed by atoms with Gasteiger partial charge < -0.3 is 5.73 Å². The summed E-state index contributed by atoms with van der Waals surface area (Å²) < 4.78 is 3.50. The Morgan fingerprint density at radius 1 is 0.781 bits per heavy atom. The summed E-state index contributed by atoms with van der Waals surface area (Å²) in [5.74, 6) is 0. The molecule has 0 amide bonds. The Labute approximate surface area is 187 Å². The lowest BCUT2D eigenvalue weighted by molar-refractivity contribution is -0.385. The number of anilines is 1. The van der Waals surface area contributed by atoms with Gasteiger partial charge in [0.15, 0.2) is 0 Å². The summed E-state index contributed by atoms with van der Waals surface area (Å²) in [5, 5.41) is 18.9. The number of benzene rings is 2. The molecule has 0 aliphatic rings. The molecule has 4 rings (SSSR count). The minimum atomic E-state index is -0.440. The first-order chi connectivity index (χ1) is 15.1. The fraction of sp³-hybridized carbons (Fsp3) is 0.250. The Bertz CT molecular complexity index is 1160. The Hall–Kier alpha value is -3.94. The van der Waals surface area contributed by atoms with E-state index in [-0.39, 0.29) is 11.2 Å². The molecule has 2 heterocycles. The van der Waals surface area contributed by atoms with Gasteiger partial charge in [0.1, 0.15) is 12.4 Å². The number of hydrogen-bond donors (Lipinski definition) is 1. The largest absolute Gasteiger partial charge is 0.396 e. The van der Waals surface area contributed by atoms with Crippen molar-refractivity contribution in [2.45, 2.75) is 38.8 Å². The van der Waals surface area contributed by atoms with Crippen LogP contribution in [0.25, 0.3) is 0 Å². The van der Waals surface area contributed by atoms with Gasteiger partial charge in [-0.2, -0.15) is 10.2 Å². The van der Waals surface area contributed by atoms with Crippen LogP contribution < -0.4 is 5.73 Å². The summed E-state index contributed by atoms with van der Waals surface area (Å²) in [5.41, 5.74) is 8.07. The third kappa shape index (κ3) is 4.85. The van der Waals surface area contributed by atoms with Gasteiger partial charge in [-0.3, -0.25) is 19.5 Å². The molecule has 0 spiro atoms. The maximum Gasteiger partial charge on any atom is 0.307 e. The van der Waals surface area contributed by atoms with Crippen LogP contribution in [0.15, 0.2) is 85.5 Å². The van der Waals surface area contributed by atoms with Crippen LogP contribution in [0.4, 0.5) is 11.4 Å². The first kappa shape index (κ1) is 22.7. The van der Waals surface area contributed by atoms with Gasteiger partial charge in [-0.1, -0.05) is 60.7 Å². The van der Waals surface area contributed by atoms with E-state index in [4.69, 9.17) is 5.73 Å². The summed E-state index contributed by atoms with van der Waals surface area (Å²) in [6.07, 6.45) is 6.25. The lowest BCUT2D eigenvalue weighted by Gasteiger charge is -2.25. The highest BCUT2D eigenvalue weighted by atomic mass is 16.6. The van der Waals surface area contributed by atoms with E-state index in [1.54, 1.807) is 10.9 Å². The van der Waals surface area contributed by atoms with E-state index in [0.29, 0.717) is 5.69 Å². The zero-order valence-corrected chi connectivity index (χ0v) is 18.7. The van der Waals surface area contributed by atoms with E-state index in [2.05, 4.69) is 36.2 Å². The van der Waals surface area contributed by atoms with Crippen LogP contribution in [0, 0.1) is 10.1 Å². The highest BCUT2D eigenvalue weighted by Crippen LogP contribution is 2.26. The van der Waals surface area contributed by atoms with E-state index >= 15 is 0 Å². The van der Waals surface area contributed by atoms with Gasteiger partial charge in [0, 0.05) is 6.20 Å². The molecule has 2 aromatic carbocycles. The fourth-order valence-corrected chi connectivity index (χ4v) is 3.31. The predicted octanol–water partition coefficient (Wildman–Crippen LogP) is 4.82. The summed E-state index contributed by atoms with van der Waals surface area (Å²) in [6.45, 7) is 8.18. The van der Waals surface area contributed by atoms with Gasteiger partial charge in [-0.15, -0.1) is 0 Å². The first-order valence-electron chi connectivity index (χ1n) is 10.2. The zero-order chi connectivity index (χ0) is 23.4. The van der Waals surface area contributed by atoms with Crippen molar-refractivity contribution in [1.29, 1.82) is 0 Å². The number of aromatic nitrogens is 4. The lowest BCUT2D eigenvalue weighted by Crippen LogP contribution is -2.28. The molecule has 0 aliphatic heterocycles. The summed E-state index contributed by atoms with van der Waals surface area (Å²) in [6, 6.07) is 20.0. The van der Waals surface area contributed by atoms with Crippen LogP contribution in [-0.4, -0.2) is 24.5 Å². The molecule has 32 heavy (non-hydrogen) atoms. The SMILES string of the molecule is CC(C)(c1ccccc1)n1cc(N)cn1.CC(C)(c1ccccc1)n1cc([N+](=O)[O-])cn1. The molecule has 2 aromatic heterocycles. The minimum Gasteiger partial charge on any atom is -0.396 e. The second kappa shape index (κ2) is 9.05. The number of hydrogen-bond acceptors (Lipinski definition) is 5. The molecular formula is C24H28N6O2. The highest BCUT2D eigenvalue weighted by Gasteiger charge is 2.25. The van der Waals surface area contributed by atoms with Gasteiger partial charge in [-0.05, 0) is 38.8 Å². The molecule has 0 fully saturated rings. The van der Waals surface area contributed by atoms with Crippen molar-refractivity contribution in [3.63, 3.8) is 0 Å². The predicted molar refractivity (Wildman–Crippen MR) is 125 cm³/mol. The standard InChI is InChI=1S/C12H13N3O2.C12H15N3/c1-12(2,10-6-4-3-5-7-10)14-9-11(8-13-14)15(16)17;1-12(2,10-6-4-3-5-7-10)15-9-11(13)8-14-15/h3-9H,1-2H3;3-9H,13H2,1-2H3. The van der Waals surface area contributed by atoms with Gasteiger partial charge in [-0.25, -0.2) is 0 Å². The molecular weight excluding hydrogens is 404 g/mol. The summed E-state index contributed by atoms with van der Waals surface area (Å²) in [7, 11) is 0. The van der Waals surface area contributed by atoms with Crippen molar-refractivity contribution in [3.8, 4) is 0 Å². The van der Waals surface area contributed by atoms with E-state index in [0.717, 1.165) is 5.56 Å². The minimum absolute atomic E-state index is 0.00834. The number of nitrogens with two attached hydrogens (primary N) is 1. The van der Waals surface area contributed by atoms with E-state index in [9.17, 15) is 10.1 Å². The molecule has 0 unspecified atom stereocenters. The fourth-order valence-electron chi connectivity index (χ4n) is 3.31. The molecule has 8 heteroatoms. The number of nitrogens with zero attached hydrogens (tertiary/aromatic N) is 5. The Kier molecular flexibility index (Phi) is 6.43. The molecule has 166 valence electrons. The van der Waals surface area contributed by atoms with Crippen LogP contribution in [0.3, 0.4) is 0 Å². The van der Waals surface area contributed by atoms with Crippen molar-refractivity contribution in [3.05, 3.63) is 107 Å². The Morgan fingerprint density at radius 2 is 1.22 bits per heavy atom. The quantitative estimate of drug-likeness (QED) is 0.359. The van der Waals surface area contributed by atoms with E-state index in [1.165, 1.54) is 18.0 Å². The van der Waals surface area contributed by atoms with E-state index in [1.807, 2.05) is 73.3 Å². The second-order valence-corrected chi connectivity index (χ2v) is 8.47. The van der Waals surface area contributed by atoms with Crippen molar-refractivity contribution >= 4 is 11.4 Å². The number of nitro groups is 1. The molecule has 0 saturated heterocycles. The Balaban J connectivity index is 0.000000182. The van der Waals surface area contributed by atoms with E-state index < -0.39 is 10.5 Å². The average Bonchev–Trinajstić information content (AvgIpc) is 3.46. The van der Waals surface area contributed by atoms with Crippen molar-refractivity contribution in [2.75, 3.05) is 5.73 Å². The lowest BCUT2D eigenvalue weighted by atomic mass is 9.95. The van der Waals surface area contributed by atoms with Gasteiger partial charge in [0.2, 0.25) is 0 Å². The van der Waals surface area contributed by atoms with Gasteiger partial charge >= 0.3 is 5.69 Å². The first-order valence-corrected chi connectivity index (χ1v) is 10.2. The monoisotopic (exact) mass is 432 g/mol. The molecule has 8 nitrogen and oxygen atoms in total. The van der Waals surface area contributed by atoms with Gasteiger partial charge in [0.05, 0.1) is 27.9 Å². The number of rotatable bonds is 5. The van der Waals surface area contributed by atoms with Crippen molar-refractivity contribution in [1.82, 2.24) is 19.6 Å². The van der Waals surface area contributed by atoms with Crippen LogP contribution in [0.2, 0.25) is 0 Å². The summed E-state index contributed by atoms with van der Waals surface area (Å²) in [4.78, 5) is 10.2. The number of nitrogen functional groups attached to an aromatic ring is 1. The van der Waals surface area contributed by atoms with Crippen LogP contribution in [0.5, 0.6) is 0 Å². The molecule has 0 atom stereocenters. The third-order valence-electron chi connectivity index (χ3n) is 5.49. The van der Waals surface area contributed by atoms with Crippen LogP contribution in [-0.2, 0) is 11.1 Å². The highest BCUT2D eigenvalue weighted by molar-refractivity contribution is 5.33. The molecule has 0 bridgehead atoms. The smallest absolute Gasteiger partial charge is 0.307 e. The third-order valence-corrected chi connectivity index (χ3v) is 5.49. The molecule has 2 N–H and O–H groups in total. The second-order valence-electron chi connectivity index (χ2n) is 8.47. The topological polar surface area (TPSA) is 105 Å². The average molecular weight is 433 g/mol. The van der Waals surface area contributed by atoms with Crippen LogP contribution in [0.1, 0.15) is 38.8 Å². The van der Waals surface area contributed by atoms with Crippen molar-refractivity contribution in [2.24, 2.45) is 0 Å². The zero-order valence-electron chi connectivity index (χ0n) is 18.7. The van der Waals surface area contributed by atoms with Gasteiger partial charge in [0.25, 0.3) is 0 Å². The molecule has 0 aliphatic carbocycles. The normalized spacial score (nSPS) is 11.5. The molecule has 4 aromatic rings. The van der Waals surface area contributed by atoms with Crippen LogP contribution >= 0.6 is 0 Å². The maximum absolute atomic E-state index is 10.6. The molecule has 0 saturated carbocycles. The molecule has 0 radical (unpaired) electrons. The summed E-state index contributed by atoms with van der Waals surface area (Å²) >= 11 is 0. The Morgan fingerprint density at radius 3 is 1.59 bits per heavy atom. The maximum atomic E-state index is 10.6.